The van der Waals surface area contributed by atoms with Crippen molar-refractivity contribution in [2.45, 2.75) is 121 Å². The van der Waals surface area contributed by atoms with Crippen molar-refractivity contribution >= 4 is 5.78 Å². The average molecular weight is 441 g/mol. The van der Waals surface area contributed by atoms with Gasteiger partial charge in [0.05, 0.1) is 6.61 Å². The molecule has 1 aliphatic heterocycles. The Morgan fingerprint density at radius 1 is 0.871 bits per heavy atom. The molecule has 2 rings (SSSR count). The third-order valence-corrected chi connectivity index (χ3v) is 7.04. The summed E-state index contributed by atoms with van der Waals surface area (Å²) < 4.78 is 5.69. The molecule has 7 unspecified atom stereocenters. The van der Waals surface area contributed by atoms with Gasteiger partial charge in [-0.1, -0.05) is 77.7 Å². The van der Waals surface area contributed by atoms with Gasteiger partial charge in [-0.25, -0.2) is 0 Å². The Bertz CT molecular complexity index is 560. The Balaban J connectivity index is 2.12. The van der Waals surface area contributed by atoms with E-state index >= 15 is 0 Å². The summed E-state index contributed by atoms with van der Waals surface area (Å²) in [4.78, 5) is 13.0. The van der Waals surface area contributed by atoms with Crippen molar-refractivity contribution in [1.82, 2.24) is 0 Å². The summed E-state index contributed by atoms with van der Waals surface area (Å²) in [7, 11) is 0. The maximum absolute atomic E-state index is 13.0. The predicted molar refractivity (Wildman–Crippen MR) is 121 cm³/mol. The molecular formula is C25H44O6. The first kappa shape index (κ1) is 26.5. The molecule has 6 nitrogen and oxygen atoms in total. The number of aliphatic hydroxyl groups is 4. The van der Waals surface area contributed by atoms with E-state index in [-0.39, 0.29) is 11.7 Å². The predicted octanol–water partition coefficient (Wildman–Crippen LogP) is 3.29. The number of allylic oxidation sites excluding steroid dienone is 1. The van der Waals surface area contributed by atoms with Crippen LogP contribution in [0.4, 0.5) is 0 Å². The van der Waals surface area contributed by atoms with Crippen molar-refractivity contribution in [2.75, 3.05) is 6.61 Å². The van der Waals surface area contributed by atoms with E-state index in [0.717, 1.165) is 25.7 Å². The third-order valence-electron chi connectivity index (χ3n) is 7.04. The topological polar surface area (TPSA) is 107 Å². The van der Waals surface area contributed by atoms with Gasteiger partial charge >= 0.3 is 0 Å². The molecular weight excluding hydrogens is 396 g/mol. The highest BCUT2D eigenvalue weighted by atomic mass is 16.5. The van der Waals surface area contributed by atoms with Crippen LogP contribution >= 0.6 is 0 Å². The minimum absolute atomic E-state index is 0.0484. The van der Waals surface area contributed by atoms with Gasteiger partial charge in [0.2, 0.25) is 0 Å². The number of ketones is 1. The standard InChI is InChI=1S/C25H44O6/c1-3-5-7-9-11-13-18-15-20(27)19(14-17(18)12-10-8-6-4-2)25-24(30)23(29)22(28)21(16-26)31-25/h14,17-18,21-26,28-30H,3-13,15-16H2,1-2H3. The van der Waals surface area contributed by atoms with Gasteiger partial charge in [0.25, 0.3) is 0 Å². The van der Waals surface area contributed by atoms with E-state index < -0.39 is 37.1 Å². The Labute approximate surface area is 187 Å². The largest absolute Gasteiger partial charge is 0.394 e. The minimum Gasteiger partial charge on any atom is -0.394 e. The number of carbonyl (C=O) groups is 1. The summed E-state index contributed by atoms with van der Waals surface area (Å²) in [5.41, 5.74) is 0.402. The van der Waals surface area contributed by atoms with Gasteiger partial charge in [-0.2, -0.15) is 0 Å². The second kappa shape index (κ2) is 13.7. The van der Waals surface area contributed by atoms with Crippen LogP contribution in [0.25, 0.3) is 0 Å². The number of ether oxygens (including phenoxy) is 1. The highest BCUT2D eigenvalue weighted by Crippen LogP contribution is 2.38. The number of hydrogen-bond acceptors (Lipinski definition) is 6. The molecule has 6 heteroatoms. The normalized spacial score (nSPS) is 34.1. The fourth-order valence-electron chi connectivity index (χ4n) is 5.03. The monoisotopic (exact) mass is 440 g/mol. The van der Waals surface area contributed by atoms with Crippen molar-refractivity contribution in [1.29, 1.82) is 0 Å². The first-order chi connectivity index (χ1) is 14.9. The van der Waals surface area contributed by atoms with Crippen molar-refractivity contribution in [3.05, 3.63) is 11.6 Å². The number of hydrogen-bond donors (Lipinski definition) is 4. The second-order valence-corrected chi connectivity index (χ2v) is 9.47. The third kappa shape index (κ3) is 7.36. The summed E-state index contributed by atoms with van der Waals surface area (Å²) in [5, 5.41) is 40.2. The van der Waals surface area contributed by atoms with E-state index in [9.17, 15) is 25.2 Å². The van der Waals surface area contributed by atoms with Gasteiger partial charge in [-0.05, 0) is 24.7 Å². The van der Waals surface area contributed by atoms with Gasteiger partial charge in [0, 0.05) is 12.0 Å². The molecule has 7 atom stereocenters. The van der Waals surface area contributed by atoms with Crippen LogP contribution < -0.4 is 0 Å². The van der Waals surface area contributed by atoms with Gasteiger partial charge in [-0.15, -0.1) is 0 Å². The Morgan fingerprint density at radius 3 is 2.13 bits per heavy atom. The summed E-state index contributed by atoms with van der Waals surface area (Å²) in [6.45, 7) is 3.91. The van der Waals surface area contributed by atoms with Gasteiger partial charge in [0.15, 0.2) is 5.78 Å². The molecule has 0 saturated carbocycles. The van der Waals surface area contributed by atoms with E-state index in [1.54, 1.807) is 0 Å². The quantitative estimate of drug-likeness (QED) is 0.327. The van der Waals surface area contributed by atoms with Crippen LogP contribution in [0.5, 0.6) is 0 Å². The Kier molecular flexibility index (Phi) is 11.7. The second-order valence-electron chi connectivity index (χ2n) is 9.47. The smallest absolute Gasteiger partial charge is 0.161 e. The van der Waals surface area contributed by atoms with Gasteiger partial charge in [0.1, 0.15) is 30.5 Å². The zero-order valence-electron chi connectivity index (χ0n) is 19.4. The van der Waals surface area contributed by atoms with Gasteiger partial charge in [-0.3, -0.25) is 4.79 Å². The van der Waals surface area contributed by atoms with E-state index in [4.69, 9.17) is 4.74 Å². The molecule has 0 amide bonds. The Hall–Kier alpha value is -0.790. The summed E-state index contributed by atoms with van der Waals surface area (Å²) in [6.07, 6.45) is 8.91. The first-order valence-corrected chi connectivity index (χ1v) is 12.5. The van der Waals surface area contributed by atoms with Crippen molar-refractivity contribution in [2.24, 2.45) is 11.8 Å². The van der Waals surface area contributed by atoms with Crippen LogP contribution in [0.15, 0.2) is 11.6 Å². The SMILES string of the molecule is CCCCCCCC1CC(=O)C(C2OC(CO)C(O)C(O)C2O)=CC1CCCCCC. The van der Waals surface area contributed by atoms with Crippen molar-refractivity contribution < 1.29 is 30.0 Å². The van der Waals surface area contributed by atoms with E-state index in [2.05, 4.69) is 13.8 Å². The average Bonchev–Trinajstić information content (AvgIpc) is 2.76. The lowest BCUT2D eigenvalue weighted by Crippen LogP contribution is -2.59. The summed E-state index contributed by atoms with van der Waals surface area (Å²) in [5.74, 6) is 0.514. The molecule has 1 saturated heterocycles. The molecule has 0 radical (unpaired) electrons. The highest BCUT2D eigenvalue weighted by molar-refractivity contribution is 5.97. The molecule has 0 bridgehead atoms. The van der Waals surface area contributed by atoms with Crippen LogP contribution in [0.1, 0.15) is 90.9 Å². The molecule has 2 aliphatic rings. The van der Waals surface area contributed by atoms with Crippen molar-refractivity contribution in [3.63, 3.8) is 0 Å². The van der Waals surface area contributed by atoms with E-state index in [1.807, 2.05) is 6.08 Å². The molecule has 4 N–H and O–H groups in total. The molecule has 1 fully saturated rings. The number of rotatable bonds is 13. The number of Topliss-reactive ketones (excluding diaryl/α,β-unsaturated/α-hetero) is 1. The maximum atomic E-state index is 13.0. The zero-order chi connectivity index (χ0) is 22.8. The van der Waals surface area contributed by atoms with E-state index in [0.29, 0.717) is 17.9 Å². The summed E-state index contributed by atoms with van der Waals surface area (Å²) in [6, 6.07) is 0. The number of carbonyl (C=O) groups excluding carboxylic acids is 1. The van der Waals surface area contributed by atoms with Crippen LogP contribution in [0.3, 0.4) is 0 Å². The van der Waals surface area contributed by atoms with Crippen LogP contribution in [0.2, 0.25) is 0 Å². The lowest BCUT2D eigenvalue weighted by atomic mass is 9.73. The van der Waals surface area contributed by atoms with Gasteiger partial charge < -0.3 is 25.2 Å². The number of aliphatic hydroxyl groups excluding tert-OH is 4. The molecule has 0 aromatic rings. The first-order valence-electron chi connectivity index (χ1n) is 12.5. The molecule has 31 heavy (non-hydrogen) atoms. The molecule has 0 aromatic heterocycles. The van der Waals surface area contributed by atoms with Crippen LogP contribution in [-0.2, 0) is 9.53 Å². The fourth-order valence-corrected chi connectivity index (χ4v) is 5.03. The molecule has 1 heterocycles. The molecule has 0 spiro atoms. The van der Waals surface area contributed by atoms with Crippen LogP contribution in [0, 0.1) is 11.8 Å². The van der Waals surface area contributed by atoms with Crippen molar-refractivity contribution in [3.8, 4) is 0 Å². The lowest BCUT2D eigenvalue weighted by molar-refractivity contribution is -0.220. The van der Waals surface area contributed by atoms with E-state index in [1.165, 1.54) is 44.9 Å². The maximum Gasteiger partial charge on any atom is 0.161 e. The summed E-state index contributed by atoms with van der Waals surface area (Å²) >= 11 is 0. The Morgan fingerprint density at radius 2 is 1.48 bits per heavy atom. The molecule has 180 valence electrons. The zero-order valence-corrected chi connectivity index (χ0v) is 19.4. The number of unbranched alkanes of at least 4 members (excludes halogenated alkanes) is 7. The highest BCUT2D eigenvalue weighted by Gasteiger charge is 2.47. The molecule has 0 aromatic carbocycles. The molecule has 1 aliphatic carbocycles. The fraction of sp³-hybridized carbons (Fsp3) is 0.880. The lowest BCUT2D eigenvalue weighted by Gasteiger charge is -2.42. The minimum atomic E-state index is -1.45. The van der Waals surface area contributed by atoms with Crippen LogP contribution in [-0.4, -0.2) is 63.3 Å².